The fraction of sp³-hybridized carbons (Fsp3) is 0.316. The van der Waals surface area contributed by atoms with Crippen LogP contribution in [0.1, 0.15) is 31.2 Å². The van der Waals surface area contributed by atoms with E-state index < -0.39 is 11.9 Å². The first kappa shape index (κ1) is 22.1. The van der Waals surface area contributed by atoms with Crippen LogP contribution in [0.3, 0.4) is 0 Å². The minimum absolute atomic E-state index is 0.104. The van der Waals surface area contributed by atoms with Gasteiger partial charge in [-0.15, -0.1) is 11.3 Å². The molecular weight excluding hydrogens is 448 g/mol. The number of likely N-dealkylation sites (N-methyl/N-ethyl adjacent to an activating group) is 1. The number of rotatable bonds is 7. The fourth-order valence-electron chi connectivity index (χ4n) is 2.62. The SMILES string of the molecule is COC(=O)c1sc(NC(=O)CN(C)Cc2ccccc2Br)c(C(=O)OC)c1C. The van der Waals surface area contributed by atoms with Crippen LogP contribution < -0.4 is 5.32 Å². The predicted octanol–water partition coefficient (Wildman–Crippen LogP) is 3.46. The van der Waals surface area contributed by atoms with Crippen molar-refractivity contribution in [3.63, 3.8) is 0 Å². The van der Waals surface area contributed by atoms with E-state index in [-0.39, 0.29) is 27.9 Å². The van der Waals surface area contributed by atoms with Crippen molar-refractivity contribution in [1.29, 1.82) is 0 Å². The van der Waals surface area contributed by atoms with Crippen molar-refractivity contribution in [2.75, 3.05) is 33.1 Å². The molecule has 0 saturated heterocycles. The number of benzene rings is 1. The number of anilines is 1. The number of amides is 1. The molecule has 0 radical (unpaired) electrons. The normalized spacial score (nSPS) is 10.6. The molecule has 1 heterocycles. The molecule has 2 rings (SSSR count). The molecule has 1 amide bonds. The van der Waals surface area contributed by atoms with Gasteiger partial charge < -0.3 is 14.8 Å². The second kappa shape index (κ2) is 9.81. The van der Waals surface area contributed by atoms with Crippen LogP contribution in [0.4, 0.5) is 5.00 Å². The maximum Gasteiger partial charge on any atom is 0.348 e. The van der Waals surface area contributed by atoms with Gasteiger partial charge in [0, 0.05) is 11.0 Å². The quantitative estimate of drug-likeness (QED) is 0.626. The van der Waals surface area contributed by atoms with Gasteiger partial charge in [0.05, 0.1) is 26.3 Å². The zero-order valence-electron chi connectivity index (χ0n) is 16.0. The van der Waals surface area contributed by atoms with Gasteiger partial charge >= 0.3 is 11.9 Å². The van der Waals surface area contributed by atoms with Crippen LogP contribution in [0, 0.1) is 6.92 Å². The van der Waals surface area contributed by atoms with Crippen molar-refractivity contribution >= 4 is 50.1 Å². The summed E-state index contributed by atoms with van der Waals surface area (Å²) in [7, 11) is 4.32. The summed E-state index contributed by atoms with van der Waals surface area (Å²) in [6.45, 7) is 2.28. The molecule has 150 valence electrons. The largest absolute Gasteiger partial charge is 0.465 e. The van der Waals surface area contributed by atoms with Crippen LogP contribution in [-0.2, 0) is 20.8 Å². The number of hydrogen-bond acceptors (Lipinski definition) is 7. The minimum Gasteiger partial charge on any atom is -0.465 e. The van der Waals surface area contributed by atoms with E-state index in [4.69, 9.17) is 9.47 Å². The molecule has 0 aliphatic carbocycles. The van der Waals surface area contributed by atoms with Gasteiger partial charge in [0.15, 0.2) is 0 Å². The number of methoxy groups -OCH3 is 2. The van der Waals surface area contributed by atoms with Crippen molar-refractivity contribution in [3.05, 3.63) is 50.3 Å². The highest BCUT2D eigenvalue weighted by Gasteiger charge is 2.26. The molecule has 0 spiro atoms. The zero-order chi connectivity index (χ0) is 20.8. The van der Waals surface area contributed by atoms with Crippen molar-refractivity contribution in [1.82, 2.24) is 4.90 Å². The third kappa shape index (κ3) is 5.18. The molecule has 9 heteroatoms. The number of thiophene rings is 1. The van der Waals surface area contributed by atoms with Gasteiger partial charge in [0.25, 0.3) is 0 Å². The average molecular weight is 469 g/mol. The summed E-state index contributed by atoms with van der Waals surface area (Å²) >= 11 is 4.48. The topological polar surface area (TPSA) is 84.9 Å². The van der Waals surface area contributed by atoms with E-state index in [0.717, 1.165) is 21.4 Å². The Bertz CT molecular complexity index is 896. The molecule has 0 bridgehead atoms. The van der Waals surface area contributed by atoms with Crippen LogP contribution in [0.15, 0.2) is 28.7 Å². The molecule has 0 atom stereocenters. The van der Waals surface area contributed by atoms with Gasteiger partial charge in [-0.05, 0) is 31.2 Å². The number of ether oxygens (including phenoxy) is 2. The molecule has 2 aromatic rings. The maximum atomic E-state index is 12.5. The van der Waals surface area contributed by atoms with Gasteiger partial charge in [-0.2, -0.15) is 0 Å². The van der Waals surface area contributed by atoms with Crippen molar-refractivity contribution in [3.8, 4) is 0 Å². The maximum absolute atomic E-state index is 12.5. The Labute approximate surface area is 175 Å². The predicted molar refractivity (Wildman–Crippen MR) is 111 cm³/mol. The molecule has 1 aromatic carbocycles. The van der Waals surface area contributed by atoms with E-state index in [1.807, 2.05) is 36.2 Å². The first-order chi connectivity index (χ1) is 13.3. The molecule has 0 aliphatic rings. The van der Waals surface area contributed by atoms with Gasteiger partial charge in [-0.3, -0.25) is 9.69 Å². The number of hydrogen-bond donors (Lipinski definition) is 1. The second-order valence-electron chi connectivity index (χ2n) is 6.06. The van der Waals surface area contributed by atoms with Crippen LogP contribution in [0.25, 0.3) is 0 Å². The average Bonchev–Trinajstić information content (AvgIpc) is 2.98. The summed E-state index contributed by atoms with van der Waals surface area (Å²) in [5, 5.41) is 2.98. The Morgan fingerprint density at radius 3 is 2.39 bits per heavy atom. The molecule has 28 heavy (non-hydrogen) atoms. The van der Waals surface area contributed by atoms with Gasteiger partial charge in [-0.25, -0.2) is 9.59 Å². The van der Waals surface area contributed by atoms with E-state index in [1.54, 1.807) is 6.92 Å². The fourth-order valence-corrected chi connectivity index (χ4v) is 4.16. The van der Waals surface area contributed by atoms with Gasteiger partial charge in [0.2, 0.25) is 5.91 Å². The Hall–Kier alpha value is -2.23. The highest BCUT2D eigenvalue weighted by atomic mass is 79.9. The smallest absolute Gasteiger partial charge is 0.348 e. The lowest BCUT2D eigenvalue weighted by molar-refractivity contribution is -0.117. The van der Waals surface area contributed by atoms with Crippen LogP contribution >= 0.6 is 27.3 Å². The van der Waals surface area contributed by atoms with E-state index >= 15 is 0 Å². The summed E-state index contributed by atoms with van der Waals surface area (Å²) in [6.07, 6.45) is 0. The van der Waals surface area contributed by atoms with Crippen LogP contribution in [0.5, 0.6) is 0 Å². The number of carbonyl (C=O) groups excluding carboxylic acids is 3. The molecule has 0 saturated carbocycles. The summed E-state index contributed by atoms with van der Waals surface area (Å²) in [6, 6.07) is 7.76. The highest BCUT2D eigenvalue weighted by Crippen LogP contribution is 2.34. The summed E-state index contributed by atoms with van der Waals surface area (Å²) in [5.41, 5.74) is 1.63. The molecule has 0 unspecified atom stereocenters. The molecule has 0 fully saturated rings. The van der Waals surface area contributed by atoms with Gasteiger partial charge in [-0.1, -0.05) is 34.1 Å². The third-order valence-electron chi connectivity index (χ3n) is 3.97. The monoisotopic (exact) mass is 468 g/mol. The van der Waals surface area contributed by atoms with Crippen LogP contribution in [-0.4, -0.2) is 50.6 Å². The minimum atomic E-state index is -0.624. The zero-order valence-corrected chi connectivity index (χ0v) is 18.4. The Balaban J connectivity index is 2.15. The number of halogens is 1. The van der Waals surface area contributed by atoms with E-state index in [2.05, 4.69) is 21.2 Å². The molecular formula is C19H21BrN2O5S. The molecule has 0 aliphatic heterocycles. The lowest BCUT2D eigenvalue weighted by Gasteiger charge is -2.17. The lowest BCUT2D eigenvalue weighted by Crippen LogP contribution is -2.30. The Morgan fingerprint density at radius 1 is 1.14 bits per heavy atom. The van der Waals surface area contributed by atoms with E-state index in [9.17, 15) is 14.4 Å². The second-order valence-corrected chi connectivity index (χ2v) is 7.93. The first-order valence-electron chi connectivity index (χ1n) is 8.30. The van der Waals surface area contributed by atoms with Crippen LogP contribution in [0.2, 0.25) is 0 Å². The Kier molecular flexibility index (Phi) is 7.73. The Morgan fingerprint density at radius 2 is 1.79 bits per heavy atom. The summed E-state index contributed by atoms with van der Waals surface area (Å²) < 4.78 is 10.5. The van der Waals surface area contributed by atoms with Crippen molar-refractivity contribution < 1.29 is 23.9 Å². The van der Waals surface area contributed by atoms with E-state index in [1.165, 1.54) is 14.2 Å². The summed E-state index contributed by atoms with van der Waals surface area (Å²) in [4.78, 5) is 38.6. The molecule has 7 nitrogen and oxygen atoms in total. The van der Waals surface area contributed by atoms with Crippen molar-refractivity contribution in [2.24, 2.45) is 0 Å². The number of esters is 2. The number of nitrogens with zero attached hydrogens (tertiary/aromatic N) is 1. The number of carbonyl (C=O) groups is 3. The molecule has 1 N–H and O–H groups in total. The van der Waals surface area contributed by atoms with Crippen molar-refractivity contribution in [2.45, 2.75) is 13.5 Å². The standard InChI is InChI=1S/C19H21BrN2O5S/c1-11-15(18(24)26-3)17(28-16(11)19(25)27-4)21-14(23)10-22(2)9-12-7-5-6-8-13(12)20/h5-8H,9-10H2,1-4H3,(H,21,23). The number of nitrogens with one attached hydrogen (secondary N) is 1. The van der Waals surface area contributed by atoms with Gasteiger partial charge in [0.1, 0.15) is 9.88 Å². The third-order valence-corrected chi connectivity index (χ3v) is 5.93. The first-order valence-corrected chi connectivity index (χ1v) is 9.91. The lowest BCUT2D eigenvalue weighted by atomic mass is 10.1. The highest BCUT2D eigenvalue weighted by molar-refractivity contribution is 9.10. The summed E-state index contributed by atoms with van der Waals surface area (Å²) in [5.74, 6) is -1.50. The van der Waals surface area contributed by atoms with E-state index in [0.29, 0.717) is 12.1 Å². The molecule has 1 aromatic heterocycles.